The summed E-state index contributed by atoms with van der Waals surface area (Å²) in [5, 5.41) is 6.20. The highest BCUT2D eigenvalue weighted by Crippen LogP contribution is 2.20. The summed E-state index contributed by atoms with van der Waals surface area (Å²) in [6, 6.07) is 6.45. The van der Waals surface area contributed by atoms with Crippen LogP contribution in [-0.2, 0) is 11.2 Å². The van der Waals surface area contributed by atoms with Crippen LogP contribution in [0.15, 0.2) is 18.2 Å². The van der Waals surface area contributed by atoms with Crippen LogP contribution in [0.5, 0.6) is 0 Å². The Morgan fingerprint density at radius 2 is 2.06 bits per heavy atom. The second kappa shape index (κ2) is 7.04. The first-order chi connectivity index (χ1) is 8.58. The number of amides is 1. The van der Waals surface area contributed by atoms with Crippen molar-refractivity contribution >= 4 is 11.6 Å². The Morgan fingerprint density at radius 3 is 2.67 bits per heavy atom. The molecule has 1 amide bonds. The van der Waals surface area contributed by atoms with E-state index in [2.05, 4.69) is 49.6 Å². The maximum absolute atomic E-state index is 11.7. The molecule has 0 radical (unpaired) electrons. The second-order valence-corrected chi connectivity index (χ2v) is 4.69. The van der Waals surface area contributed by atoms with E-state index in [4.69, 9.17) is 0 Å². The molecule has 1 atom stereocenters. The lowest BCUT2D eigenvalue weighted by Crippen LogP contribution is -2.36. The smallest absolute Gasteiger partial charge is 0.239 e. The van der Waals surface area contributed by atoms with Crippen LogP contribution in [0.1, 0.15) is 38.3 Å². The highest BCUT2D eigenvalue weighted by molar-refractivity contribution is 5.81. The van der Waals surface area contributed by atoms with Gasteiger partial charge in [-0.25, -0.2) is 0 Å². The Bertz CT molecular complexity index is 401. The fourth-order valence-corrected chi connectivity index (χ4v) is 1.87. The second-order valence-electron chi connectivity index (χ2n) is 4.69. The third-order valence-corrected chi connectivity index (χ3v) is 3.19. The van der Waals surface area contributed by atoms with Crippen molar-refractivity contribution in [1.82, 2.24) is 5.32 Å². The quantitative estimate of drug-likeness (QED) is 0.812. The largest absolute Gasteiger partial charge is 0.376 e. The Balaban J connectivity index is 2.60. The average molecular weight is 248 g/mol. The summed E-state index contributed by atoms with van der Waals surface area (Å²) >= 11 is 0. The number of benzene rings is 1. The summed E-state index contributed by atoms with van der Waals surface area (Å²) in [6.45, 7) is 8.60. The minimum absolute atomic E-state index is 0.0506. The molecule has 0 aliphatic heterocycles. The maximum atomic E-state index is 11.7. The predicted molar refractivity (Wildman–Crippen MR) is 76.9 cm³/mol. The molecule has 18 heavy (non-hydrogen) atoms. The number of hydrogen-bond donors (Lipinski definition) is 2. The van der Waals surface area contributed by atoms with Gasteiger partial charge in [0, 0.05) is 11.7 Å². The van der Waals surface area contributed by atoms with Crippen molar-refractivity contribution in [2.45, 2.75) is 46.6 Å². The standard InChI is InChI=1S/C15H24N2O/c1-5-12(4)17-14(18)10-16-15-11(3)8-7-9-13(15)6-2/h7-9,12,16H,5-6,10H2,1-4H3,(H,17,18). The first-order valence-corrected chi connectivity index (χ1v) is 6.70. The fourth-order valence-electron chi connectivity index (χ4n) is 1.87. The van der Waals surface area contributed by atoms with Gasteiger partial charge in [-0.15, -0.1) is 0 Å². The van der Waals surface area contributed by atoms with E-state index in [1.165, 1.54) is 11.1 Å². The molecule has 1 unspecified atom stereocenters. The molecule has 3 heteroatoms. The Hall–Kier alpha value is -1.51. The number of anilines is 1. The van der Waals surface area contributed by atoms with Crippen molar-refractivity contribution < 1.29 is 4.79 Å². The van der Waals surface area contributed by atoms with Gasteiger partial charge in [0.25, 0.3) is 0 Å². The zero-order chi connectivity index (χ0) is 13.5. The average Bonchev–Trinajstić information content (AvgIpc) is 2.36. The molecular weight excluding hydrogens is 224 g/mol. The van der Waals surface area contributed by atoms with Gasteiger partial charge in [-0.3, -0.25) is 4.79 Å². The van der Waals surface area contributed by atoms with Gasteiger partial charge in [0.2, 0.25) is 5.91 Å². The van der Waals surface area contributed by atoms with Crippen molar-refractivity contribution in [2.75, 3.05) is 11.9 Å². The third kappa shape index (κ3) is 4.06. The van der Waals surface area contributed by atoms with Gasteiger partial charge in [0.15, 0.2) is 0 Å². The van der Waals surface area contributed by atoms with Gasteiger partial charge in [-0.05, 0) is 37.8 Å². The normalized spacial score (nSPS) is 12.0. The molecule has 3 nitrogen and oxygen atoms in total. The summed E-state index contributed by atoms with van der Waals surface area (Å²) < 4.78 is 0. The van der Waals surface area contributed by atoms with Crippen molar-refractivity contribution in [3.63, 3.8) is 0 Å². The van der Waals surface area contributed by atoms with E-state index in [0.717, 1.165) is 18.5 Å². The van der Waals surface area contributed by atoms with Crippen molar-refractivity contribution in [3.8, 4) is 0 Å². The molecule has 0 aliphatic rings. The number of carbonyl (C=O) groups excluding carboxylic acids is 1. The fraction of sp³-hybridized carbons (Fsp3) is 0.533. The first-order valence-electron chi connectivity index (χ1n) is 6.70. The molecule has 0 heterocycles. The van der Waals surface area contributed by atoms with E-state index in [9.17, 15) is 4.79 Å². The molecule has 1 aromatic carbocycles. The van der Waals surface area contributed by atoms with Crippen molar-refractivity contribution in [2.24, 2.45) is 0 Å². The molecule has 0 saturated carbocycles. The SMILES string of the molecule is CCc1cccc(C)c1NCC(=O)NC(C)CC. The summed E-state index contributed by atoms with van der Waals surface area (Å²) in [5.74, 6) is 0.0506. The van der Waals surface area contributed by atoms with E-state index < -0.39 is 0 Å². The topological polar surface area (TPSA) is 41.1 Å². The summed E-state index contributed by atoms with van der Waals surface area (Å²) in [5.41, 5.74) is 3.54. The van der Waals surface area contributed by atoms with Gasteiger partial charge < -0.3 is 10.6 Å². The number of hydrogen-bond acceptors (Lipinski definition) is 2. The van der Waals surface area contributed by atoms with E-state index in [1.54, 1.807) is 0 Å². The monoisotopic (exact) mass is 248 g/mol. The van der Waals surface area contributed by atoms with Crippen LogP contribution < -0.4 is 10.6 Å². The lowest BCUT2D eigenvalue weighted by Gasteiger charge is -2.15. The van der Waals surface area contributed by atoms with Crippen LogP contribution in [0.2, 0.25) is 0 Å². The molecule has 1 rings (SSSR count). The van der Waals surface area contributed by atoms with Crippen molar-refractivity contribution in [3.05, 3.63) is 29.3 Å². The van der Waals surface area contributed by atoms with Crippen LogP contribution in [0.3, 0.4) is 0 Å². The zero-order valence-corrected chi connectivity index (χ0v) is 11.8. The van der Waals surface area contributed by atoms with E-state index in [-0.39, 0.29) is 11.9 Å². The van der Waals surface area contributed by atoms with Gasteiger partial charge >= 0.3 is 0 Å². The van der Waals surface area contributed by atoms with E-state index in [0.29, 0.717) is 6.54 Å². The van der Waals surface area contributed by atoms with Crippen LogP contribution in [0.4, 0.5) is 5.69 Å². The summed E-state index contributed by atoms with van der Waals surface area (Å²) in [4.78, 5) is 11.7. The Labute approximate surface area is 110 Å². The zero-order valence-electron chi connectivity index (χ0n) is 11.8. The molecule has 0 bridgehead atoms. The Kier molecular flexibility index (Phi) is 5.69. The number of para-hydroxylation sites is 1. The van der Waals surface area contributed by atoms with E-state index in [1.807, 2.05) is 6.92 Å². The minimum atomic E-state index is 0.0506. The number of nitrogens with one attached hydrogen (secondary N) is 2. The van der Waals surface area contributed by atoms with E-state index >= 15 is 0 Å². The molecular formula is C15H24N2O. The molecule has 0 aromatic heterocycles. The predicted octanol–water partition coefficient (Wildman–Crippen LogP) is 2.88. The molecule has 0 fully saturated rings. The molecule has 0 aliphatic carbocycles. The van der Waals surface area contributed by atoms with Crippen molar-refractivity contribution in [1.29, 1.82) is 0 Å². The molecule has 1 aromatic rings. The maximum Gasteiger partial charge on any atom is 0.239 e. The summed E-state index contributed by atoms with van der Waals surface area (Å²) in [6.07, 6.45) is 1.92. The molecule has 100 valence electrons. The number of carbonyl (C=O) groups is 1. The van der Waals surface area contributed by atoms with Crippen LogP contribution in [0, 0.1) is 6.92 Å². The number of rotatable bonds is 6. The summed E-state index contributed by atoms with van der Waals surface area (Å²) in [7, 11) is 0. The number of aryl methyl sites for hydroxylation is 2. The highest BCUT2D eigenvalue weighted by Gasteiger charge is 2.08. The highest BCUT2D eigenvalue weighted by atomic mass is 16.1. The van der Waals surface area contributed by atoms with Crippen LogP contribution >= 0.6 is 0 Å². The van der Waals surface area contributed by atoms with Gasteiger partial charge in [0.05, 0.1) is 6.54 Å². The van der Waals surface area contributed by atoms with Gasteiger partial charge in [-0.1, -0.05) is 32.0 Å². The van der Waals surface area contributed by atoms with Crippen LogP contribution in [-0.4, -0.2) is 18.5 Å². The third-order valence-electron chi connectivity index (χ3n) is 3.19. The lowest BCUT2D eigenvalue weighted by molar-refractivity contribution is -0.120. The molecule has 0 saturated heterocycles. The van der Waals surface area contributed by atoms with Gasteiger partial charge in [0.1, 0.15) is 0 Å². The van der Waals surface area contributed by atoms with Crippen LogP contribution in [0.25, 0.3) is 0 Å². The lowest BCUT2D eigenvalue weighted by atomic mass is 10.1. The molecule has 0 spiro atoms. The van der Waals surface area contributed by atoms with Gasteiger partial charge in [-0.2, -0.15) is 0 Å². The minimum Gasteiger partial charge on any atom is -0.376 e. The molecule has 2 N–H and O–H groups in total. The first kappa shape index (κ1) is 14.6. The Morgan fingerprint density at radius 1 is 1.33 bits per heavy atom.